The first-order chi connectivity index (χ1) is 12.8. The first-order valence-electron chi connectivity index (χ1n) is 8.66. The Kier molecular flexibility index (Phi) is 4.74. The number of nitrogens with zero attached hydrogens (tertiary/aromatic N) is 6. The summed E-state index contributed by atoms with van der Waals surface area (Å²) >= 11 is 0. The standard InChI is InChI=1S/C18H20N6O2/c25-18(17-12-19-21-24(17)15-6-2-1-3-7-15)22-9-5-11-26-16(13-22)14-23-10-4-8-20-23/h1-4,6-8,10,12,16H,5,9,11,13-14H2. The van der Waals surface area contributed by atoms with E-state index in [1.807, 2.05) is 52.2 Å². The highest BCUT2D eigenvalue weighted by atomic mass is 16.5. The van der Waals surface area contributed by atoms with Crippen molar-refractivity contribution in [1.82, 2.24) is 29.7 Å². The first kappa shape index (κ1) is 16.5. The Morgan fingerprint density at radius 1 is 1.23 bits per heavy atom. The van der Waals surface area contributed by atoms with Gasteiger partial charge in [-0.3, -0.25) is 9.48 Å². The zero-order valence-electron chi connectivity index (χ0n) is 14.3. The molecule has 3 heterocycles. The molecule has 8 nitrogen and oxygen atoms in total. The lowest BCUT2D eigenvalue weighted by molar-refractivity contribution is 0.0364. The molecule has 1 atom stereocenters. The van der Waals surface area contributed by atoms with Crippen LogP contribution in [-0.2, 0) is 11.3 Å². The molecule has 4 rings (SSSR count). The molecule has 1 amide bonds. The van der Waals surface area contributed by atoms with Crippen LogP contribution in [0.25, 0.3) is 5.69 Å². The fourth-order valence-electron chi connectivity index (χ4n) is 3.11. The van der Waals surface area contributed by atoms with Crippen LogP contribution in [0.3, 0.4) is 0 Å². The van der Waals surface area contributed by atoms with Crippen molar-refractivity contribution >= 4 is 5.91 Å². The number of carbonyl (C=O) groups excluding carboxylic acids is 1. The Balaban J connectivity index is 1.53. The fraction of sp³-hybridized carbons (Fsp3) is 0.333. The highest BCUT2D eigenvalue weighted by Crippen LogP contribution is 2.14. The lowest BCUT2D eigenvalue weighted by Crippen LogP contribution is -2.39. The highest BCUT2D eigenvalue weighted by Gasteiger charge is 2.26. The predicted molar refractivity (Wildman–Crippen MR) is 93.8 cm³/mol. The number of ether oxygens (including phenoxy) is 1. The van der Waals surface area contributed by atoms with Crippen molar-refractivity contribution in [1.29, 1.82) is 0 Å². The zero-order chi connectivity index (χ0) is 17.8. The highest BCUT2D eigenvalue weighted by molar-refractivity contribution is 5.92. The Morgan fingerprint density at radius 2 is 2.12 bits per heavy atom. The number of aromatic nitrogens is 5. The van der Waals surface area contributed by atoms with Crippen molar-refractivity contribution < 1.29 is 9.53 Å². The van der Waals surface area contributed by atoms with Gasteiger partial charge in [0.15, 0.2) is 5.69 Å². The lowest BCUT2D eigenvalue weighted by Gasteiger charge is -2.24. The predicted octanol–water partition coefficient (Wildman–Crippen LogP) is 1.40. The van der Waals surface area contributed by atoms with E-state index in [-0.39, 0.29) is 12.0 Å². The van der Waals surface area contributed by atoms with Gasteiger partial charge in [-0.05, 0) is 24.6 Å². The lowest BCUT2D eigenvalue weighted by atomic mass is 10.2. The minimum Gasteiger partial charge on any atom is -0.374 e. The second-order valence-corrected chi connectivity index (χ2v) is 6.19. The molecular formula is C18H20N6O2. The number of amides is 1. The summed E-state index contributed by atoms with van der Waals surface area (Å²) in [5.41, 5.74) is 1.27. The van der Waals surface area contributed by atoms with Crippen LogP contribution in [0.15, 0.2) is 55.0 Å². The third-order valence-corrected chi connectivity index (χ3v) is 4.36. The van der Waals surface area contributed by atoms with Gasteiger partial charge in [-0.15, -0.1) is 5.10 Å². The van der Waals surface area contributed by atoms with Crippen molar-refractivity contribution in [3.05, 3.63) is 60.7 Å². The maximum absolute atomic E-state index is 13.1. The number of benzene rings is 1. The van der Waals surface area contributed by atoms with E-state index in [0.717, 1.165) is 12.1 Å². The van der Waals surface area contributed by atoms with Gasteiger partial charge < -0.3 is 9.64 Å². The summed E-state index contributed by atoms with van der Waals surface area (Å²) in [5, 5.41) is 12.2. The average molecular weight is 352 g/mol. The molecule has 2 aromatic heterocycles. The molecule has 0 spiro atoms. The maximum atomic E-state index is 13.1. The maximum Gasteiger partial charge on any atom is 0.274 e. The van der Waals surface area contributed by atoms with Crippen LogP contribution in [0.5, 0.6) is 0 Å². The minimum atomic E-state index is -0.0950. The van der Waals surface area contributed by atoms with E-state index in [4.69, 9.17) is 4.74 Å². The van der Waals surface area contributed by atoms with Gasteiger partial charge in [0.05, 0.1) is 24.5 Å². The summed E-state index contributed by atoms with van der Waals surface area (Å²) in [6, 6.07) is 11.4. The number of hydrogen-bond acceptors (Lipinski definition) is 5. The third-order valence-electron chi connectivity index (χ3n) is 4.36. The zero-order valence-corrected chi connectivity index (χ0v) is 14.3. The fourth-order valence-corrected chi connectivity index (χ4v) is 3.11. The molecule has 0 bridgehead atoms. The largest absolute Gasteiger partial charge is 0.374 e. The Morgan fingerprint density at radius 3 is 2.92 bits per heavy atom. The molecular weight excluding hydrogens is 332 g/mol. The van der Waals surface area contributed by atoms with Gasteiger partial charge in [-0.1, -0.05) is 23.4 Å². The van der Waals surface area contributed by atoms with Crippen LogP contribution in [0.2, 0.25) is 0 Å². The van der Waals surface area contributed by atoms with E-state index in [2.05, 4.69) is 15.4 Å². The number of para-hydroxylation sites is 1. The monoisotopic (exact) mass is 352 g/mol. The van der Waals surface area contributed by atoms with Crippen molar-refractivity contribution in [2.24, 2.45) is 0 Å². The molecule has 0 aliphatic carbocycles. The van der Waals surface area contributed by atoms with Crippen LogP contribution in [0.4, 0.5) is 0 Å². The summed E-state index contributed by atoms with van der Waals surface area (Å²) in [6.07, 6.45) is 5.86. The molecule has 1 aliphatic heterocycles. The summed E-state index contributed by atoms with van der Waals surface area (Å²) in [7, 11) is 0. The van der Waals surface area contributed by atoms with Crippen molar-refractivity contribution in [3.8, 4) is 5.69 Å². The summed E-state index contributed by atoms with van der Waals surface area (Å²) in [5.74, 6) is -0.0881. The van der Waals surface area contributed by atoms with Gasteiger partial charge in [0.2, 0.25) is 0 Å². The van der Waals surface area contributed by atoms with E-state index in [1.54, 1.807) is 10.9 Å². The molecule has 1 aromatic carbocycles. The van der Waals surface area contributed by atoms with E-state index in [0.29, 0.717) is 31.9 Å². The summed E-state index contributed by atoms with van der Waals surface area (Å²) < 4.78 is 9.30. The van der Waals surface area contributed by atoms with E-state index in [1.165, 1.54) is 6.20 Å². The minimum absolute atomic E-state index is 0.0881. The summed E-state index contributed by atoms with van der Waals surface area (Å²) in [4.78, 5) is 14.9. The molecule has 1 saturated heterocycles. The normalized spacial score (nSPS) is 17.8. The van der Waals surface area contributed by atoms with Gasteiger partial charge >= 0.3 is 0 Å². The second kappa shape index (κ2) is 7.49. The second-order valence-electron chi connectivity index (χ2n) is 6.19. The number of rotatable bonds is 4. The molecule has 1 fully saturated rings. The van der Waals surface area contributed by atoms with Crippen LogP contribution in [-0.4, -0.2) is 61.4 Å². The average Bonchev–Trinajstić information content (AvgIpc) is 3.31. The smallest absolute Gasteiger partial charge is 0.274 e. The third kappa shape index (κ3) is 3.50. The molecule has 134 valence electrons. The van der Waals surface area contributed by atoms with Gasteiger partial charge in [-0.25, -0.2) is 4.68 Å². The van der Waals surface area contributed by atoms with Crippen molar-refractivity contribution in [2.45, 2.75) is 19.1 Å². The summed E-state index contributed by atoms with van der Waals surface area (Å²) in [6.45, 7) is 2.41. The first-order valence-corrected chi connectivity index (χ1v) is 8.66. The Labute approximate surface area is 151 Å². The molecule has 8 heteroatoms. The quantitative estimate of drug-likeness (QED) is 0.709. The molecule has 0 N–H and O–H groups in total. The molecule has 1 unspecified atom stereocenters. The molecule has 26 heavy (non-hydrogen) atoms. The molecule has 1 aliphatic rings. The number of carbonyl (C=O) groups is 1. The molecule has 0 saturated carbocycles. The Bertz CT molecular complexity index is 846. The SMILES string of the molecule is O=C(c1cnnn1-c1ccccc1)N1CCCOC(Cn2cccn2)C1. The van der Waals surface area contributed by atoms with Crippen molar-refractivity contribution in [3.63, 3.8) is 0 Å². The Hall–Kier alpha value is -3.00. The van der Waals surface area contributed by atoms with E-state index in [9.17, 15) is 4.79 Å². The van der Waals surface area contributed by atoms with Gasteiger partial charge in [0, 0.05) is 32.1 Å². The van der Waals surface area contributed by atoms with Crippen LogP contribution in [0, 0.1) is 0 Å². The van der Waals surface area contributed by atoms with Gasteiger partial charge in [-0.2, -0.15) is 5.10 Å². The van der Waals surface area contributed by atoms with Gasteiger partial charge in [0.1, 0.15) is 0 Å². The van der Waals surface area contributed by atoms with Crippen LogP contribution < -0.4 is 0 Å². The molecule has 3 aromatic rings. The van der Waals surface area contributed by atoms with Crippen LogP contribution >= 0.6 is 0 Å². The van der Waals surface area contributed by atoms with Crippen molar-refractivity contribution in [2.75, 3.05) is 19.7 Å². The van der Waals surface area contributed by atoms with E-state index < -0.39 is 0 Å². The number of hydrogen-bond donors (Lipinski definition) is 0. The van der Waals surface area contributed by atoms with E-state index >= 15 is 0 Å². The van der Waals surface area contributed by atoms with Gasteiger partial charge in [0.25, 0.3) is 5.91 Å². The molecule has 0 radical (unpaired) electrons. The van der Waals surface area contributed by atoms with Crippen LogP contribution in [0.1, 0.15) is 16.9 Å². The topological polar surface area (TPSA) is 78.1 Å².